The third-order valence-electron chi connectivity index (χ3n) is 5.66. The molecule has 4 atom stereocenters. The molecule has 1 aliphatic carbocycles. The molecule has 2 heterocycles. The van der Waals surface area contributed by atoms with E-state index in [9.17, 15) is 0 Å². The summed E-state index contributed by atoms with van der Waals surface area (Å²) in [5.74, 6) is 2.22. The van der Waals surface area contributed by atoms with Gasteiger partial charge in [-0.1, -0.05) is 18.2 Å². The van der Waals surface area contributed by atoms with E-state index in [1.807, 2.05) is 0 Å². The van der Waals surface area contributed by atoms with E-state index < -0.39 is 0 Å². The summed E-state index contributed by atoms with van der Waals surface area (Å²) in [5.41, 5.74) is 1.21. The molecule has 0 amide bonds. The molecule has 0 aromatic heterocycles. The van der Waals surface area contributed by atoms with Gasteiger partial charge in [-0.05, 0) is 52.0 Å². The van der Waals surface area contributed by atoms with E-state index in [4.69, 9.17) is 9.47 Å². The van der Waals surface area contributed by atoms with Gasteiger partial charge in [0.25, 0.3) is 0 Å². The smallest absolute Gasteiger partial charge is 0.125 e. The summed E-state index contributed by atoms with van der Waals surface area (Å²) in [6, 6.07) is 8.41. The molecule has 0 spiro atoms. The SMILES string of the molecule is CC1(C)O[C@@H]2c3ccccc3O[C@]3(C)CC[C@@H]1C[C@@H]23. The zero-order chi connectivity index (χ0) is 13.3. The lowest BCUT2D eigenvalue weighted by Crippen LogP contribution is -2.58. The summed E-state index contributed by atoms with van der Waals surface area (Å²) in [7, 11) is 0. The van der Waals surface area contributed by atoms with Gasteiger partial charge >= 0.3 is 0 Å². The van der Waals surface area contributed by atoms with E-state index in [2.05, 4.69) is 45.0 Å². The van der Waals surface area contributed by atoms with Crippen LogP contribution in [-0.4, -0.2) is 11.2 Å². The average molecular weight is 258 g/mol. The van der Waals surface area contributed by atoms with Gasteiger partial charge in [-0.25, -0.2) is 0 Å². The van der Waals surface area contributed by atoms with Gasteiger partial charge in [0, 0.05) is 11.5 Å². The fourth-order valence-corrected chi connectivity index (χ4v) is 4.37. The second-order valence-electron chi connectivity index (χ2n) is 7.17. The van der Waals surface area contributed by atoms with Gasteiger partial charge in [0.15, 0.2) is 0 Å². The van der Waals surface area contributed by atoms with Crippen LogP contribution in [-0.2, 0) is 4.74 Å². The minimum absolute atomic E-state index is 0.00700. The molecule has 102 valence electrons. The van der Waals surface area contributed by atoms with Crippen molar-refractivity contribution in [2.75, 3.05) is 0 Å². The average Bonchev–Trinajstić information content (AvgIpc) is 2.36. The third kappa shape index (κ3) is 1.53. The molecule has 1 aromatic rings. The summed E-state index contributed by atoms with van der Waals surface area (Å²) in [6.45, 7) is 6.79. The molecule has 1 saturated carbocycles. The highest BCUT2D eigenvalue weighted by atomic mass is 16.5. The molecular weight excluding hydrogens is 236 g/mol. The summed E-state index contributed by atoms with van der Waals surface area (Å²) in [4.78, 5) is 0. The Labute approximate surface area is 115 Å². The van der Waals surface area contributed by atoms with Gasteiger partial charge in [-0.15, -0.1) is 0 Å². The lowest BCUT2D eigenvalue weighted by Gasteiger charge is -2.58. The Balaban J connectivity index is 1.86. The van der Waals surface area contributed by atoms with Crippen LogP contribution < -0.4 is 4.74 Å². The van der Waals surface area contributed by atoms with Crippen LogP contribution >= 0.6 is 0 Å². The molecular formula is C17H22O2. The van der Waals surface area contributed by atoms with Crippen LogP contribution in [0.3, 0.4) is 0 Å². The Morgan fingerprint density at radius 3 is 2.79 bits per heavy atom. The van der Waals surface area contributed by atoms with E-state index in [0.29, 0.717) is 11.8 Å². The highest BCUT2D eigenvalue weighted by Crippen LogP contribution is 2.59. The number of benzene rings is 1. The Morgan fingerprint density at radius 2 is 1.95 bits per heavy atom. The van der Waals surface area contributed by atoms with Crippen LogP contribution in [0, 0.1) is 11.8 Å². The molecule has 2 bridgehead atoms. The number of hydrogen-bond acceptors (Lipinski definition) is 2. The van der Waals surface area contributed by atoms with Gasteiger partial charge < -0.3 is 9.47 Å². The van der Waals surface area contributed by atoms with Crippen LogP contribution in [0.4, 0.5) is 0 Å². The molecule has 0 unspecified atom stereocenters. The molecule has 2 fully saturated rings. The van der Waals surface area contributed by atoms with Gasteiger partial charge in [-0.3, -0.25) is 0 Å². The third-order valence-corrected chi connectivity index (χ3v) is 5.66. The van der Waals surface area contributed by atoms with Crippen LogP contribution in [0.1, 0.15) is 51.7 Å². The van der Waals surface area contributed by atoms with Gasteiger partial charge in [0.2, 0.25) is 0 Å². The predicted octanol–water partition coefficient (Wildman–Crippen LogP) is 4.10. The minimum atomic E-state index is -0.0357. The zero-order valence-corrected chi connectivity index (χ0v) is 12.0. The van der Waals surface area contributed by atoms with Gasteiger partial charge in [0.1, 0.15) is 11.4 Å². The summed E-state index contributed by atoms with van der Waals surface area (Å²) in [6.07, 6.45) is 3.82. The lowest BCUT2D eigenvalue weighted by molar-refractivity contribution is -0.237. The molecule has 1 saturated heterocycles. The molecule has 1 aromatic carbocycles. The fourth-order valence-electron chi connectivity index (χ4n) is 4.37. The van der Waals surface area contributed by atoms with Gasteiger partial charge in [-0.2, -0.15) is 0 Å². The molecule has 2 aliphatic heterocycles. The topological polar surface area (TPSA) is 18.5 Å². The van der Waals surface area contributed by atoms with Crippen LogP contribution in [0.5, 0.6) is 5.75 Å². The van der Waals surface area contributed by atoms with E-state index >= 15 is 0 Å². The Morgan fingerprint density at radius 1 is 1.16 bits per heavy atom. The molecule has 19 heavy (non-hydrogen) atoms. The first-order chi connectivity index (χ1) is 9.00. The first-order valence-corrected chi connectivity index (χ1v) is 7.45. The highest BCUT2D eigenvalue weighted by Gasteiger charge is 2.57. The largest absolute Gasteiger partial charge is 0.487 e. The van der Waals surface area contributed by atoms with Crippen LogP contribution in [0.15, 0.2) is 24.3 Å². The second-order valence-corrected chi connectivity index (χ2v) is 7.17. The molecule has 4 rings (SSSR count). The van der Waals surface area contributed by atoms with Crippen molar-refractivity contribution in [2.45, 2.75) is 57.3 Å². The molecule has 2 nitrogen and oxygen atoms in total. The Bertz CT molecular complexity index is 522. The summed E-state index contributed by atoms with van der Waals surface area (Å²) >= 11 is 0. The maximum Gasteiger partial charge on any atom is 0.125 e. The van der Waals surface area contributed by atoms with E-state index in [1.54, 1.807) is 0 Å². The predicted molar refractivity (Wildman–Crippen MR) is 74.2 cm³/mol. The number of ether oxygens (including phenoxy) is 2. The van der Waals surface area contributed by atoms with Crippen molar-refractivity contribution >= 4 is 0 Å². The summed E-state index contributed by atoms with van der Waals surface area (Å²) in [5, 5.41) is 0. The van der Waals surface area contributed by atoms with Crippen molar-refractivity contribution in [3.63, 3.8) is 0 Å². The standard InChI is InChI=1S/C17H22O2/c1-16(2)11-8-9-17(3)13(10-11)15(19-16)12-6-4-5-7-14(12)18-17/h4-7,11,13,15H,8-10H2,1-3H3/t11-,13+,15-,17-/m1/s1. The van der Waals surface area contributed by atoms with Crippen molar-refractivity contribution in [3.8, 4) is 5.75 Å². The summed E-state index contributed by atoms with van der Waals surface area (Å²) < 4.78 is 12.9. The zero-order valence-electron chi connectivity index (χ0n) is 12.0. The van der Waals surface area contributed by atoms with Crippen molar-refractivity contribution in [1.82, 2.24) is 0 Å². The molecule has 3 aliphatic rings. The number of para-hydroxylation sites is 1. The Hall–Kier alpha value is -1.02. The molecule has 0 N–H and O–H groups in total. The van der Waals surface area contributed by atoms with Crippen molar-refractivity contribution in [3.05, 3.63) is 29.8 Å². The van der Waals surface area contributed by atoms with Crippen LogP contribution in [0.25, 0.3) is 0 Å². The van der Waals surface area contributed by atoms with E-state index in [0.717, 1.165) is 12.2 Å². The number of hydrogen-bond donors (Lipinski definition) is 0. The molecule has 0 radical (unpaired) electrons. The van der Waals surface area contributed by atoms with Crippen molar-refractivity contribution < 1.29 is 9.47 Å². The lowest BCUT2D eigenvalue weighted by atomic mass is 9.61. The first kappa shape index (κ1) is 11.8. The second kappa shape index (κ2) is 3.54. The maximum absolute atomic E-state index is 6.52. The van der Waals surface area contributed by atoms with Crippen molar-refractivity contribution in [1.29, 1.82) is 0 Å². The van der Waals surface area contributed by atoms with E-state index in [1.165, 1.54) is 18.4 Å². The number of fused-ring (bicyclic) bond motifs is 3. The minimum Gasteiger partial charge on any atom is -0.487 e. The van der Waals surface area contributed by atoms with E-state index in [-0.39, 0.29) is 17.3 Å². The normalized spacial score (nSPS) is 42.2. The fraction of sp³-hybridized carbons (Fsp3) is 0.647. The van der Waals surface area contributed by atoms with Gasteiger partial charge in [0.05, 0.1) is 11.7 Å². The Kier molecular flexibility index (Phi) is 2.20. The first-order valence-electron chi connectivity index (χ1n) is 7.45. The quantitative estimate of drug-likeness (QED) is 0.697. The highest BCUT2D eigenvalue weighted by molar-refractivity contribution is 5.40. The van der Waals surface area contributed by atoms with Crippen molar-refractivity contribution in [2.24, 2.45) is 11.8 Å². The van der Waals surface area contributed by atoms with Crippen LogP contribution in [0.2, 0.25) is 0 Å². The molecule has 2 heteroatoms. The number of rotatable bonds is 0. The monoisotopic (exact) mass is 258 g/mol. The maximum atomic E-state index is 6.52.